The summed E-state index contributed by atoms with van der Waals surface area (Å²) >= 11 is 0. The lowest BCUT2D eigenvalue weighted by molar-refractivity contribution is -0.369. The number of ether oxygens (including phenoxy) is 6. The van der Waals surface area contributed by atoms with Gasteiger partial charge in [0.05, 0.1) is 36.9 Å². The van der Waals surface area contributed by atoms with Crippen LogP contribution in [0.25, 0.3) is 0 Å². The molecule has 4 aliphatic carbocycles. The first-order chi connectivity index (χ1) is 25.5. The summed E-state index contributed by atoms with van der Waals surface area (Å²) in [4.78, 5) is 12.7. The van der Waals surface area contributed by atoms with E-state index in [9.17, 15) is 45.6 Å². The van der Waals surface area contributed by atoms with Gasteiger partial charge in [-0.1, -0.05) is 39.3 Å². The molecule has 0 aromatic carbocycles. The third-order valence-electron chi connectivity index (χ3n) is 15.6. The first-order valence-corrected chi connectivity index (χ1v) is 20.1. The van der Waals surface area contributed by atoms with Crippen molar-refractivity contribution in [2.75, 3.05) is 6.61 Å². The average molecular weight is 769 g/mol. The van der Waals surface area contributed by atoms with Crippen LogP contribution >= 0.6 is 0 Å². The summed E-state index contributed by atoms with van der Waals surface area (Å²) in [5.41, 5.74) is 0.797. The molecule has 4 saturated heterocycles. The molecule has 0 aromatic heterocycles. The Morgan fingerprint density at radius 2 is 1.57 bits per heavy atom. The van der Waals surface area contributed by atoms with Crippen molar-refractivity contribution in [3.8, 4) is 0 Å². The minimum atomic E-state index is -1.65. The molecule has 0 radical (unpaired) electrons. The first-order valence-electron chi connectivity index (χ1n) is 20.1. The Balaban J connectivity index is 0.986. The maximum atomic E-state index is 12.7. The Morgan fingerprint density at radius 3 is 2.30 bits per heavy atom. The van der Waals surface area contributed by atoms with Crippen LogP contribution in [0.3, 0.4) is 0 Å². The number of rotatable bonds is 5. The molecule has 0 amide bonds. The molecule has 2 unspecified atom stereocenters. The predicted octanol–water partition coefficient (Wildman–Crippen LogP) is -0.142. The second-order valence-electron chi connectivity index (χ2n) is 18.4. The van der Waals surface area contributed by atoms with E-state index in [4.69, 9.17) is 28.4 Å². The number of aliphatic hydroxyl groups is 8. The Kier molecular flexibility index (Phi) is 10.2. The van der Waals surface area contributed by atoms with Gasteiger partial charge < -0.3 is 69.3 Å². The van der Waals surface area contributed by atoms with Crippen molar-refractivity contribution in [1.29, 1.82) is 0 Å². The molecule has 23 atom stereocenters. The van der Waals surface area contributed by atoms with Crippen molar-refractivity contribution >= 4 is 5.97 Å². The van der Waals surface area contributed by atoms with Gasteiger partial charge in [0, 0.05) is 11.8 Å². The number of hydrogen-bond acceptors (Lipinski definition) is 15. The van der Waals surface area contributed by atoms with Crippen molar-refractivity contribution in [2.24, 2.45) is 46.3 Å². The summed E-state index contributed by atoms with van der Waals surface area (Å²) in [5.74, 6) is -2.18. The Hall–Kier alpha value is -1.31. The zero-order valence-corrected chi connectivity index (χ0v) is 31.7. The molecule has 4 heterocycles. The van der Waals surface area contributed by atoms with Gasteiger partial charge >= 0.3 is 5.97 Å². The van der Waals surface area contributed by atoms with Crippen LogP contribution in [0.4, 0.5) is 0 Å². The first kappa shape index (κ1) is 39.5. The highest BCUT2D eigenvalue weighted by molar-refractivity contribution is 5.73. The molecular formula is C39H60O15. The van der Waals surface area contributed by atoms with E-state index in [-0.39, 0.29) is 53.0 Å². The third kappa shape index (κ3) is 5.74. The fourth-order valence-electron chi connectivity index (χ4n) is 12.6. The third-order valence-corrected chi connectivity index (χ3v) is 15.6. The minimum absolute atomic E-state index is 0.0402. The van der Waals surface area contributed by atoms with Gasteiger partial charge in [-0.2, -0.15) is 0 Å². The van der Waals surface area contributed by atoms with E-state index < -0.39 is 98.0 Å². The van der Waals surface area contributed by atoms with Gasteiger partial charge in [0.1, 0.15) is 48.8 Å². The van der Waals surface area contributed by atoms with Crippen LogP contribution in [0.15, 0.2) is 11.6 Å². The molecule has 8 N–H and O–H groups in total. The fourth-order valence-corrected chi connectivity index (χ4v) is 12.6. The minimum Gasteiger partial charge on any atom is -0.430 e. The fraction of sp³-hybridized carbons (Fsp3) is 0.923. The average Bonchev–Trinajstić information content (AvgIpc) is 3.55. The van der Waals surface area contributed by atoms with Crippen LogP contribution in [0.5, 0.6) is 0 Å². The van der Waals surface area contributed by atoms with Crippen LogP contribution in [-0.2, 0) is 33.2 Å². The van der Waals surface area contributed by atoms with E-state index in [1.165, 1.54) is 12.5 Å². The number of hydrogen-bond donors (Lipinski definition) is 8. The van der Waals surface area contributed by atoms with Gasteiger partial charge in [0.15, 0.2) is 12.6 Å². The van der Waals surface area contributed by atoms with Crippen LogP contribution in [0.1, 0.15) is 79.6 Å². The van der Waals surface area contributed by atoms with Gasteiger partial charge in [0.25, 0.3) is 0 Å². The Bertz CT molecular complexity index is 1460. The molecule has 8 aliphatic rings. The zero-order valence-electron chi connectivity index (χ0n) is 31.7. The van der Waals surface area contributed by atoms with Gasteiger partial charge in [-0.05, 0) is 80.5 Å². The SMILES string of the molecule is CC1[C@H]2[C@@H](OC13OC(=O)[C@H](C)C[C@H]3O)[C@H](O)[C@H]1[C@@H]3CC=C4C[C@@H](O[C@@H]5O[C@H](CO)[C@@H](O)[C@H](O)[C@H]5O[C@@H]5O[C@@H](C)[C@H](O)[C@@H](O)[C@H]5O)CC[C@]4(C)[C@H]3CC[C@@]12C. The van der Waals surface area contributed by atoms with Crippen molar-refractivity contribution in [1.82, 2.24) is 0 Å². The second-order valence-corrected chi connectivity index (χ2v) is 18.4. The van der Waals surface area contributed by atoms with Crippen LogP contribution in [0.2, 0.25) is 0 Å². The van der Waals surface area contributed by atoms with Gasteiger partial charge in [-0.25, -0.2) is 0 Å². The molecule has 3 saturated carbocycles. The maximum Gasteiger partial charge on any atom is 0.311 e. The Labute approximate surface area is 315 Å². The van der Waals surface area contributed by atoms with Crippen LogP contribution in [0, 0.1) is 46.3 Å². The van der Waals surface area contributed by atoms with E-state index in [1.807, 2.05) is 6.92 Å². The predicted molar refractivity (Wildman–Crippen MR) is 184 cm³/mol. The summed E-state index contributed by atoms with van der Waals surface area (Å²) in [6.45, 7) is 9.22. The highest BCUT2D eigenvalue weighted by Crippen LogP contribution is 2.70. The molecule has 1 spiro atoms. The van der Waals surface area contributed by atoms with E-state index in [0.29, 0.717) is 18.8 Å². The molecule has 15 nitrogen and oxygen atoms in total. The summed E-state index contributed by atoms with van der Waals surface area (Å²) in [6, 6.07) is 0. The van der Waals surface area contributed by atoms with Crippen molar-refractivity contribution in [2.45, 2.75) is 171 Å². The molecule has 7 fully saturated rings. The number of aliphatic hydroxyl groups excluding tert-OH is 8. The number of allylic oxidation sites excluding steroid dienone is 1. The molecule has 4 aliphatic heterocycles. The molecule has 54 heavy (non-hydrogen) atoms. The lowest BCUT2D eigenvalue weighted by atomic mass is 9.46. The smallest absolute Gasteiger partial charge is 0.311 e. The lowest BCUT2D eigenvalue weighted by Gasteiger charge is -2.59. The maximum absolute atomic E-state index is 12.7. The lowest BCUT2D eigenvalue weighted by Crippen LogP contribution is -2.64. The highest BCUT2D eigenvalue weighted by Gasteiger charge is 2.74. The molecule has 15 heteroatoms. The van der Waals surface area contributed by atoms with Crippen LogP contribution in [-0.4, -0.2) is 145 Å². The largest absolute Gasteiger partial charge is 0.430 e. The zero-order chi connectivity index (χ0) is 38.8. The van der Waals surface area contributed by atoms with Crippen molar-refractivity contribution in [3.05, 3.63) is 11.6 Å². The van der Waals surface area contributed by atoms with Crippen LogP contribution < -0.4 is 0 Å². The number of esters is 1. The van der Waals surface area contributed by atoms with Gasteiger partial charge in [-0.15, -0.1) is 0 Å². The number of carbonyl (C=O) groups excluding carboxylic acids is 1. The second kappa shape index (κ2) is 13.9. The quantitative estimate of drug-likeness (QED) is 0.134. The molecule has 306 valence electrons. The molecule has 8 rings (SSSR count). The Morgan fingerprint density at radius 1 is 0.833 bits per heavy atom. The monoisotopic (exact) mass is 768 g/mol. The molecular weight excluding hydrogens is 708 g/mol. The van der Waals surface area contributed by atoms with Crippen molar-refractivity contribution in [3.63, 3.8) is 0 Å². The number of fused-ring (bicyclic) bond motifs is 7. The van der Waals surface area contributed by atoms with Gasteiger partial charge in [0.2, 0.25) is 5.79 Å². The summed E-state index contributed by atoms with van der Waals surface area (Å²) in [5, 5.41) is 86.2. The van der Waals surface area contributed by atoms with E-state index in [0.717, 1.165) is 25.7 Å². The highest BCUT2D eigenvalue weighted by atomic mass is 16.8. The van der Waals surface area contributed by atoms with E-state index in [2.05, 4.69) is 19.9 Å². The summed E-state index contributed by atoms with van der Waals surface area (Å²) in [7, 11) is 0. The number of carbonyl (C=O) groups is 1. The van der Waals surface area contributed by atoms with Crippen molar-refractivity contribution < 1.29 is 74.1 Å². The molecule has 0 bridgehead atoms. The van der Waals surface area contributed by atoms with Gasteiger partial charge in [-0.3, -0.25) is 4.79 Å². The standard InChI is InChI=1S/C39H60O15/c1-15-12-23(41)39(54-34(15)48)16(2)24-32(53-39)28(44)25-20-7-6-18-13-19(8-10-37(18,4)21(20)9-11-38(24,25)5)50-36-33(30(46)27(43)22(14-40)51-36)52-35-31(47)29(45)26(42)17(3)49-35/h6,15-17,19-33,35-36,40-47H,7-14H2,1-5H3/t15-,16?,17+,19+,20-,21+,22-,23-,24+,25-,26+,27-,28-,29-,30+,31-,32-,33-,35+,36-,37+,38-,39?/m1/s1. The topological polar surface area (TPSA) is 234 Å². The van der Waals surface area contributed by atoms with E-state index in [1.54, 1.807) is 6.92 Å². The molecule has 0 aromatic rings. The normalized spacial score (nSPS) is 58.5. The summed E-state index contributed by atoms with van der Waals surface area (Å²) < 4.78 is 36.4. The summed E-state index contributed by atoms with van der Waals surface area (Å²) in [6.07, 6.45) is -9.42. The van der Waals surface area contributed by atoms with E-state index >= 15 is 0 Å².